The number of anilines is 1. The summed E-state index contributed by atoms with van der Waals surface area (Å²) in [6.45, 7) is 9.85. The summed E-state index contributed by atoms with van der Waals surface area (Å²) in [4.78, 5) is 46.5. The fourth-order valence-corrected chi connectivity index (χ4v) is 7.17. The van der Waals surface area contributed by atoms with Gasteiger partial charge in [-0.3, -0.25) is 19.3 Å². The fraction of sp³-hybridized carbons (Fsp3) is 0.690. The first-order valence-electron chi connectivity index (χ1n) is 14.3. The normalized spacial score (nSPS) is 27.6. The summed E-state index contributed by atoms with van der Waals surface area (Å²) in [6, 6.07) is 5.33. The molecule has 3 saturated heterocycles. The van der Waals surface area contributed by atoms with Crippen molar-refractivity contribution in [3.63, 3.8) is 0 Å². The predicted octanol–water partition coefficient (Wildman–Crippen LogP) is 2.80. The van der Waals surface area contributed by atoms with Crippen LogP contribution in [0.5, 0.6) is 0 Å². The van der Waals surface area contributed by atoms with Gasteiger partial charge in [0.2, 0.25) is 11.8 Å². The second-order valence-electron chi connectivity index (χ2n) is 11.3. The molecule has 8 nitrogen and oxygen atoms in total. The molecule has 0 bridgehead atoms. The average Bonchev–Trinajstić information content (AvgIpc) is 3.64. The third-order valence-corrected chi connectivity index (χ3v) is 9.15. The topological polar surface area (TPSA) is 96.2 Å². The van der Waals surface area contributed by atoms with E-state index in [9.17, 15) is 14.4 Å². The van der Waals surface area contributed by atoms with E-state index in [1.807, 2.05) is 18.2 Å². The first kappa shape index (κ1) is 26.2. The van der Waals surface area contributed by atoms with E-state index in [1.54, 1.807) is 4.90 Å². The third-order valence-electron chi connectivity index (χ3n) is 9.15. The molecule has 5 rings (SSSR count). The molecule has 1 saturated carbocycles. The second-order valence-corrected chi connectivity index (χ2v) is 11.3. The van der Waals surface area contributed by atoms with Gasteiger partial charge in [-0.05, 0) is 61.9 Å². The van der Waals surface area contributed by atoms with Crippen LogP contribution in [0.4, 0.5) is 5.69 Å². The molecule has 37 heavy (non-hydrogen) atoms. The number of piperazine rings is 1. The number of fused-ring (bicyclic) bond motifs is 1. The number of Topliss-reactive ketones (excluding diaryl/α,β-unsaturated/α-hetero) is 1. The highest BCUT2D eigenvalue weighted by Gasteiger charge is 2.53. The number of amides is 2. The fourth-order valence-electron chi connectivity index (χ4n) is 7.17. The van der Waals surface area contributed by atoms with Crippen LogP contribution >= 0.6 is 0 Å². The number of likely N-dealkylation sites (tertiary alicyclic amines) is 1. The van der Waals surface area contributed by atoms with Gasteiger partial charge in [-0.1, -0.05) is 26.7 Å². The molecule has 0 spiro atoms. The maximum absolute atomic E-state index is 14.4. The molecule has 4 fully saturated rings. The van der Waals surface area contributed by atoms with Gasteiger partial charge in [0.25, 0.3) is 0 Å². The molecule has 3 heterocycles. The van der Waals surface area contributed by atoms with E-state index in [2.05, 4.69) is 23.6 Å². The summed E-state index contributed by atoms with van der Waals surface area (Å²) < 4.78 is 5.84. The van der Waals surface area contributed by atoms with Crippen molar-refractivity contribution in [2.24, 2.45) is 17.6 Å². The third kappa shape index (κ3) is 5.02. The molecule has 3 aliphatic heterocycles. The Labute approximate surface area is 220 Å². The lowest BCUT2D eigenvalue weighted by Gasteiger charge is -2.37. The summed E-state index contributed by atoms with van der Waals surface area (Å²) in [5.74, 6) is -0.727. The zero-order valence-corrected chi connectivity index (χ0v) is 22.4. The number of hydrogen-bond donors (Lipinski definition) is 1. The monoisotopic (exact) mass is 510 g/mol. The highest BCUT2D eigenvalue weighted by molar-refractivity contribution is 5.99. The number of primary amides is 1. The molecule has 2 N–H and O–H groups in total. The Kier molecular flexibility index (Phi) is 7.86. The Morgan fingerprint density at radius 2 is 1.84 bits per heavy atom. The quantitative estimate of drug-likeness (QED) is 0.578. The van der Waals surface area contributed by atoms with Gasteiger partial charge in [-0.25, -0.2) is 0 Å². The molecular formula is C29H42N4O4. The Balaban J connectivity index is 1.49. The lowest BCUT2D eigenvalue weighted by Crippen LogP contribution is -2.47. The first-order chi connectivity index (χ1) is 17.9. The van der Waals surface area contributed by atoms with E-state index in [4.69, 9.17) is 10.5 Å². The second kappa shape index (κ2) is 11.1. The van der Waals surface area contributed by atoms with Crippen LogP contribution in [0.25, 0.3) is 0 Å². The maximum atomic E-state index is 14.4. The van der Waals surface area contributed by atoms with Crippen LogP contribution < -0.4 is 10.6 Å². The summed E-state index contributed by atoms with van der Waals surface area (Å²) in [7, 11) is 0. The van der Waals surface area contributed by atoms with Crippen molar-refractivity contribution >= 4 is 23.3 Å². The van der Waals surface area contributed by atoms with Crippen molar-refractivity contribution in [3.8, 4) is 0 Å². The number of nitrogens with zero attached hydrogens (tertiary/aromatic N) is 3. The van der Waals surface area contributed by atoms with Crippen LogP contribution in [0, 0.1) is 11.8 Å². The molecule has 1 aliphatic carbocycles. The number of ether oxygens (including phenoxy) is 1. The molecule has 4 aliphatic rings. The molecule has 4 atom stereocenters. The number of carbonyl (C=O) groups excluding carboxylic acids is 3. The van der Waals surface area contributed by atoms with E-state index in [0.29, 0.717) is 12.1 Å². The Morgan fingerprint density at radius 1 is 1.11 bits per heavy atom. The Morgan fingerprint density at radius 3 is 2.49 bits per heavy atom. The van der Waals surface area contributed by atoms with Crippen LogP contribution in [0.1, 0.15) is 74.2 Å². The van der Waals surface area contributed by atoms with E-state index in [0.717, 1.165) is 82.5 Å². The van der Waals surface area contributed by atoms with Gasteiger partial charge in [0.1, 0.15) is 12.6 Å². The first-order valence-corrected chi connectivity index (χ1v) is 14.3. The highest BCUT2D eigenvalue weighted by atomic mass is 16.5. The van der Waals surface area contributed by atoms with Gasteiger partial charge >= 0.3 is 0 Å². The highest BCUT2D eigenvalue weighted by Crippen LogP contribution is 2.43. The molecule has 1 aromatic rings. The molecule has 0 aromatic heterocycles. The van der Waals surface area contributed by atoms with E-state index < -0.39 is 17.9 Å². The minimum absolute atomic E-state index is 0.00621. The van der Waals surface area contributed by atoms with Gasteiger partial charge in [0.05, 0.1) is 12.0 Å². The van der Waals surface area contributed by atoms with E-state index in [-0.39, 0.29) is 36.2 Å². The summed E-state index contributed by atoms with van der Waals surface area (Å²) in [5, 5.41) is 0. The van der Waals surface area contributed by atoms with Crippen molar-refractivity contribution < 1.29 is 19.1 Å². The van der Waals surface area contributed by atoms with Crippen LogP contribution in [0.2, 0.25) is 0 Å². The smallest absolute Gasteiger partial charge is 0.249 e. The number of carbonyl (C=O) groups is 3. The molecule has 0 radical (unpaired) electrons. The average molecular weight is 511 g/mol. The number of hydrogen-bond acceptors (Lipinski definition) is 6. The van der Waals surface area contributed by atoms with Gasteiger partial charge in [0.15, 0.2) is 5.78 Å². The van der Waals surface area contributed by atoms with E-state index in [1.165, 1.54) is 0 Å². The lowest BCUT2D eigenvalue weighted by molar-refractivity contribution is -0.138. The standard InChI is InChI=1S/C29H42N4O4/c1-3-11-31-12-14-32(15-13-31)21-9-10-22(28(30)35)23(16-21)25(20-7-5-6-8-20)29(36)33-17-19(4-2)27-26(33)24(34)18-37-27/h9-10,16,19-20,25-27H,3-8,11-15,17-18H2,1-2H3,(H2,30,35)/t19-,25+,26-,27-/m1/s1. The molecule has 202 valence electrons. The van der Waals surface area contributed by atoms with Crippen molar-refractivity contribution in [2.75, 3.05) is 50.8 Å². The van der Waals surface area contributed by atoms with Gasteiger partial charge in [0, 0.05) is 49.9 Å². The zero-order chi connectivity index (χ0) is 26.1. The molecule has 2 amide bonds. The van der Waals surface area contributed by atoms with Crippen molar-refractivity contribution in [2.45, 2.75) is 70.4 Å². The van der Waals surface area contributed by atoms with Crippen molar-refractivity contribution in [1.29, 1.82) is 0 Å². The molecule has 1 aromatic carbocycles. The zero-order valence-electron chi connectivity index (χ0n) is 22.4. The van der Waals surface area contributed by atoms with Crippen LogP contribution in [0.3, 0.4) is 0 Å². The number of rotatable bonds is 8. The van der Waals surface area contributed by atoms with Gasteiger partial charge in [-0.15, -0.1) is 0 Å². The maximum Gasteiger partial charge on any atom is 0.249 e. The largest absolute Gasteiger partial charge is 0.369 e. The number of nitrogens with two attached hydrogens (primary N) is 1. The van der Waals surface area contributed by atoms with Crippen molar-refractivity contribution in [1.82, 2.24) is 9.80 Å². The Bertz CT molecular complexity index is 1020. The van der Waals surface area contributed by atoms with E-state index >= 15 is 0 Å². The van der Waals surface area contributed by atoms with Crippen LogP contribution in [-0.2, 0) is 14.3 Å². The summed E-state index contributed by atoms with van der Waals surface area (Å²) in [6.07, 6.45) is 5.82. The number of ketones is 1. The van der Waals surface area contributed by atoms with Crippen LogP contribution in [-0.4, -0.2) is 85.4 Å². The minimum atomic E-state index is -0.506. The number of benzene rings is 1. The van der Waals surface area contributed by atoms with Gasteiger partial charge < -0.3 is 20.3 Å². The summed E-state index contributed by atoms with van der Waals surface area (Å²) >= 11 is 0. The molecule has 0 unspecified atom stereocenters. The molecule has 8 heteroatoms. The summed E-state index contributed by atoms with van der Waals surface area (Å²) in [5.41, 5.74) is 8.08. The van der Waals surface area contributed by atoms with Gasteiger partial charge in [-0.2, -0.15) is 0 Å². The predicted molar refractivity (Wildman–Crippen MR) is 143 cm³/mol. The van der Waals surface area contributed by atoms with Crippen LogP contribution in [0.15, 0.2) is 18.2 Å². The molecular weight excluding hydrogens is 468 g/mol. The Hall–Kier alpha value is -2.45. The lowest BCUT2D eigenvalue weighted by atomic mass is 9.80. The minimum Gasteiger partial charge on any atom is -0.369 e. The van der Waals surface area contributed by atoms with Crippen molar-refractivity contribution in [3.05, 3.63) is 29.3 Å². The SMILES string of the molecule is CCCN1CCN(c2ccc(C(N)=O)c([C@@H](C(=O)N3C[C@@H](CC)[C@H]4OCC(=O)[C@H]43)C3CCCC3)c2)CC1.